The number of benzene rings is 1. The Morgan fingerprint density at radius 2 is 2.00 bits per heavy atom. The van der Waals surface area contributed by atoms with Crippen LogP contribution in [0.4, 0.5) is 0 Å². The lowest BCUT2D eigenvalue weighted by Gasteiger charge is -2.22. The Morgan fingerprint density at radius 1 is 1.29 bits per heavy atom. The van der Waals surface area contributed by atoms with Gasteiger partial charge in [0, 0.05) is 5.38 Å². The van der Waals surface area contributed by atoms with Gasteiger partial charge in [-0.2, -0.15) is 0 Å². The highest BCUT2D eigenvalue weighted by atomic mass is 32.1. The average Bonchev–Trinajstić information content (AvgIpc) is 2.99. The van der Waals surface area contributed by atoms with Crippen LogP contribution in [0.1, 0.15) is 41.8 Å². The third kappa shape index (κ3) is 4.79. The summed E-state index contributed by atoms with van der Waals surface area (Å²) in [4.78, 5) is 26.6. The fourth-order valence-electron chi connectivity index (χ4n) is 2.07. The van der Waals surface area contributed by atoms with E-state index in [1.807, 2.05) is 24.3 Å². The van der Waals surface area contributed by atoms with E-state index in [4.69, 9.17) is 9.84 Å². The Labute approximate surface area is 144 Å². The monoisotopic (exact) mass is 348 g/mol. The predicted octanol–water partition coefficient (Wildman–Crippen LogP) is 2.83. The smallest absolute Gasteiger partial charge is 0.355 e. The third-order valence-corrected chi connectivity index (χ3v) is 4.11. The van der Waals surface area contributed by atoms with Crippen LogP contribution >= 0.6 is 11.3 Å². The van der Waals surface area contributed by atoms with E-state index in [-0.39, 0.29) is 30.2 Å². The van der Waals surface area contributed by atoms with Crippen LogP contribution in [0.3, 0.4) is 0 Å². The van der Waals surface area contributed by atoms with E-state index in [1.54, 1.807) is 0 Å². The lowest BCUT2D eigenvalue weighted by Crippen LogP contribution is -2.29. The SMILES string of the molecule is CC(C)(C)c1ccccc1OCC(=O)NCc1nc(C(=O)O)cs1. The normalized spacial score (nSPS) is 11.1. The van der Waals surface area contributed by atoms with Gasteiger partial charge in [-0.15, -0.1) is 11.3 Å². The molecule has 0 atom stereocenters. The van der Waals surface area contributed by atoms with Crippen molar-refractivity contribution in [1.82, 2.24) is 10.3 Å². The molecule has 7 heteroatoms. The van der Waals surface area contributed by atoms with Gasteiger partial charge in [-0.3, -0.25) is 4.79 Å². The van der Waals surface area contributed by atoms with Gasteiger partial charge in [-0.1, -0.05) is 39.0 Å². The van der Waals surface area contributed by atoms with Gasteiger partial charge >= 0.3 is 5.97 Å². The number of carbonyl (C=O) groups is 2. The van der Waals surface area contributed by atoms with Gasteiger partial charge in [0.05, 0.1) is 6.54 Å². The molecular formula is C17H20N2O4S. The molecule has 128 valence electrons. The first-order valence-corrected chi connectivity index (χ1v) is 8.32. The first-order chi connectivity index (χ1) is 11.3. The molecule has 0 fully saturated rings. The number of nitrogens with zero attached hydrogens (tertiary/aromatic N) is 1. The zero-order valence-electron chi connectivity index (χ0n) is 13.8. The highest BCUT2D eigenvalue weighted by Gasteiger charge is 2.19. The summed E-state index contributed by atoms with van der Waals surface area (Å²) in [5, 5.41) is 13.5. The number of carbonyl (C=O) groups excluding carboxylic acids is 1. The summed E-state index contributed by atoms with van der Waals surface area (Å²) in [6.07, 6.45) is 0. The van der Waals surface area contributed by atoms with Gasteiger partial charge in [0.15, 0.2) is 12.3 Å². The summed E-state index contributed by atoms with van der Waals surface area (Å²) in [6.45, 7) is 6.32. The number of hydrogen-bond donors (Lipinski definition) is 2. The van der Waals surface area contributed by atoms with Crippen molar-refractivity contribution in [3.63, 3.8) is 0 Å². The van der Waals surface area contributed by atoms with E-state index in [2.05, 4.69) is 31.1 Å². The molecule has 0 aliphatic rings. The number of para-hydroxylation sites is 1. The van der Waals surface area contributed by atoms with Crippen LogP contribution in [0, 0.1) is 0 Å². The summed E-state index contributed by atoms with van der Waals surface area (Å²) in [5.41, 5.74) is 0.935. The maximum atomic E-state index is 11.9. The fraction of sp³-hybridized carbons (Fsp3) is 0.353. The van der Waals surface area contributed by atoms with E-state index in [0.29, 0.717) is 10.8 Å². The standard InChI is InChI=1S/C17H20N2O4S/c1-17(2,3)11-6-4-5-7-13(11)23-9-14(20)18-8-15-19-12(10-24-15)16(21)22/h4-7,10H,8-9H2,1-3H3,(H,18,20)(H,21,22). The van der Waals surface area contributed by atoms with E-state index in [0.717, 1.165) is 5.56 Å². The van der Waals surface area contributed by atoms with E-state index >= 15 is 0 Å². The van der Waals surface area contributed by atoms with Crippen LogP contribution in [0.25, 0.3) is 0 Å². The van der Waals surface area contributed by atoms with Crippen molar-refractivity contribution in [3.8, 4) is 5.75 Å². The molecule has 0 spiro atoms. The Hall–Kier alpha value is -2.41. The highest BCUT2D eigenvalue weighted by Crippen LogP contribution is 2.30. The zero-order chi connectivity index (χ0) is 17.7. The Kier molecular flexibility index (Phi) is 5.56. The number of aromatic nitrogens is 1. The molecule has 1 aromatic carbocycles. The quantitative estimate of drug-likeness (QED) is 0.838. The molecule has 0 bridgehead atoms. The maximum absolute atomic E-state index is 11.9. The maximum Gasteiger partial charge on any atom is 0.355 e. The molecule has 0 aliphatic heterocycles. The molecule has 0 radical (unpaired) electrons. The summed E-state index contributed by atoms with van der Waals surface area (Å²) in [7, 11) is 0. The number of thiazole rings is 1. The van der Waals surface area contributed by atoms with E-state index < -0.39 is 5.97 Å². The van der Waals surface area contributed by atoms with Gasteiger partial charge in [-0.05, 0) is 17.0 Å². The predicted molar refractivity (Wildman–Crippen MR) is 91.6 cm³/mol. The first-order valence-electron chi connectivity index (χ1n) is 7.44. The van der Waals surface area contributed by atoms with E-state index in [9.17, 15) is 9.59 Å². The minimum atomic E-state index is -1.08. The molecule has 0 saturated heterocycles. The Bertz CT molecular complexity index is 734. The minimum Gasteiger partial charge on any atom is -0.483 e. The van der Waals surface area contributed by atoms with Crippen molar-refractivity contribution < 1.29 is 19.4 Å². The number of rotatable bonds is 6. The van der Waals surface area contributed by atoms with Crippen LogP contribution in [-0.4, -0.2) is 28.6 Å². The molecule has 0 unspecified atom stereocenters. The summed E-state index contributed by atoms with van der Waals surface area (Å²) >= 11 is 1.19. The van der Waals surface area contributed by atoms with Gasteiger partial charge in [0.2, 0.25) is 0 Å². The lowest BCUT2D eigenvalue weighted by atomic mass is 9.86. The van der Waals surface area contributed by atoms with Crippen molar-refractivity contribution in [2.45, 2.75) is 32.7 Å². The number of nitrogens with one attached hydrogen (secondary N) is 1. The van der Waals surface area contributed by atoms with Gasteiger partial charge in [0.25, 0.3) is 5.91 Å². The Morgan fingerprint density at radius 3 is 2.62 bits per heavy atom. The number of carboxylic acid groups (broad SMARTS) is 1. The summed E-state index contributed by atoms with van der Waals surface area (Å²) in [6, 6.07) is 7.63. The first kappa shape index (κ1) is 17.9. The molecule has 2 aromatic rings. The molecule has 24 heavy (non-hydrogen) atoms. The molecule has 6 nitrogen and oxygen atoms in total. The van der Waals surface area contributed by atoms with Crippen LogP contribution in [0.5, 0.6) is 5.75 Å². The van der Waals surface area contributed by atoms with Gasteiger partial charge in [0.1, 0.15) is 10.8 Å². The molecule has 1 amide bonds. The van der Waals surface area contributed by atoms with Crippen molar-refractivity contribution in [2.24, 2.45) is 0 Å². The molecular weight excluding hydrogens is 328 g/mol. The summed E-state index contributed by atoms with van der Waals surface area (Å²) < 4.78 is 5.63. The van der Waals surface area contributed by atoms with Crippen molar-refractivity contribution >= 4 is 23.2 Å². The molecule has 2 rings (SSSR count). The van der Waals surface area contributed by atoms with E-state index in [1.165, 1.54) is 16.7 Å². The van der Waals surface area contributed by atoms with Crippen LogP contribution in [0.2, 0.25) is 0 Å². The minimum absolute atomic E-state index is 0.0143. The van der Waals surface area contributed by atoms with Gasteiger partial charge in [-0.25, -0.2) is 9.78 Å². The highest BCUT2D eigenvalue weighted by molar-refractivity contribution is 7.09. The van der Waals surface area contributed by atoms with Crippen molar-refractivity contribution in [3.05, 3.63) is 45.9 Å². The van der Waals surface area contributed by atoms with Gasteiger partial charge < -0.3 is 15.2 Å². The van der Waals surface area contributed by atoms with Crippen LogP contribution in [0.15, 0.2) is 29.6 Å². The number of ether oxygens (including phenoxy) is 1. The summed E-state index contributed by atoms with van der Waals surface area (Å²) in [5.74, 6) is -0.681. The molecule has 2 N–H and O–H groups in total. The second kappa shape index (κ2) is 7.44. The zero-order valence-corrected chi connectivity index (χ0v) is 14.6. The molecule has 1 heterocycles. The number of carboxylic acids is 1. The molecule has 0 saturated carbocycles. The topological polar surface area (TPSA) is 88.5 Å². The number of amides is 1. The average molecular weight is 348 g/mol. The fourth-order valence-corrected chi connectivity index (χ4v) is 2.78. The Balaban J connectivity index is 1.88. The second-order valence-corrected chi connectivity index (χ2v) is 7.19. The molecule has 1 aromatic heterocycles. The van der Waals surface area contributed by atoms with Crippen molar-refractivity contribution in [2.75, 3.05) is 6.61 Å². The number of hydrogen-bond acceptors (Lipinski definition) is 5. The van der Waals surface area contributed by atoms with Crippen LogP contribution < -0.4 is 10.1 Å². The second-order valence-electron chi connectivity index (χ2n) is 6.24. The lowest BCUT2D eigenvalue weighted by molar-refractivity contribution is -0.123. The largest absolute Gasteiger partial charge is 0.483 e. The molecule has 0 aliphatic carbocycles. The third-order valence-electron chi connectivity index (χ3n) is 3.26. The van der Waals surface area contributed by atoms with Crippen molar-refractivity contribution in [1.29, 1.82) is 0 Å². The number of aromatic carboxylic acids is 1. The van der Waals surface area contributed by atoms with Crippen LogP contribution in [-0.2, 0) is 16.8 Å².